The minimum Gasteiger partial charge on any atom is -0.309 e. The molecule has 32 heavy (non-hydrogen) atoms. The number of carbonyl (C=O) groups excluding carboxylic acids is 1. The van der Waals surface area contributed by atoms with E-state index in [2.05, 4.69) is 76.5 Å². The van der Waals surface area contributed by atoms with E-state index in [0.29, 0.717) is 18.4 Å². The molecule has 0 bridgehead atoms. The molecule has 0 N–H and O–H groups in total. The lowest BCUT2D eigenvalue weighted by molar-refractivity contribution is -0.119. The molecule has 2 heterocycles. The van der Waals surface area contributed by atoms with Crippen molar-refractivity contribution < 1.29 is 4.79 Å². The normalized spacial score (nSPS) is 22.2. The van der Waals surface area contributed by atoms with E-state index in [1.165, 1.54) is 16.7 Å². The van der Waals surface area contributed by atoms with Gasteiger partial charge in [-0.1, -0.05) is 79.7 Å². The predicted octanol–water partition coefficient (Wildman–Crippen LogP) is 6.20. The average Bonchev–Trinajstić information content (AvgIpc) is 2.85. The minimum atomic E-state index is 0. The van der Waals surface area contributed by atoms with Crippen LogP contribution in [-0.2, 0) is 4.79 Å². The lowest BCUT2D eigenvalue weighted by Gasteiger charge is -2.48. The zero-order chi connectivity index (χ0) is 21.2. The average molecular weight is 447 g/mol. The zero-order valence-corrected chi connectivity index (χ0v) is 19.4. The molecular formula is C28H31ClN2O. The molecule has 3 atom stereocenters. The number of fused-ring (bicyclic) bond motifs is 3. The maximum absolute atomic E-state index is 13.0. The number of hydrogen-bond acceptors (Lipinski definition) is 2. The molecule has 1 fully saturated rings. The van der Waals surface area contributed by atoms with Crippen LogP contribution in [0.15, 0.2) is 84.9 Å². The Morgan fingerprint density at radius 2 is 1.53 bits per heavy atom. The highest BCUT2D eigenvalue weighted by molar-refractivity contribution is 5.93. The van der Waals surface area contributed by atoms with Crippen molar-refractivity contribution in [3.05, 3.63) is 102 Å². The molecule has 0 spiro atoms. The van der Waals surface area contributed by atoms with Crippen LogP contribution in [-0.4, -0.2) is 29.9 Å². The summed E-state index contributed by atoms with van der Waals surface area (Å²) in [6, 6.07) is 30.6. The van der Waals surface area contributed by atoms with Crippen LogP contribution < -0.4 is 4.90 Å². The van der Waals surface area contributed by atoms with Crippen molar-refractivity contribution in [3.63, 3.8) is 0 Å². The van der Waals surface area contributed by atoms with Crippen LogP contribution in [0, 0.1) is 0 Å². The second-order valence-corrected chi connectivity index (χ2v) is 8.73. The summed E-state index contributed by atoms with van der Waals surface area (Å²) in [7, 11) is 0. The molecule has 0 aromatic heterocycles. The van der Waals surface area contributed by atoms with E-state index < -0.39 is 0 Å². The molecule has 1 saturated heterocycles. The molecule has 0 radical (unpaired) electrons. The molecule has 0 aliphatic carbocycles. The van der Waals surface area contributed by atoms with E-state index in [1.807, 2.05) is 25.1 Å². The summed E-state index contributed by atoms with van der Waals surface area (Å²) < 4.78 is 0. The quantitative estimate of drug-likeness (QED) is 0.476. The van der Waals surface area contributed by atoms with Crippen molar-refractivity contribution in [1.29, 1.82) is 0 Å². The van der Waals surface area contributed by atoms with Crippen LogP contribution in [0.4, 0.5) is 5.69 Å². The second kappa shape index (κ2) is 9.89. The van der Waals surface area contributed by atoms with Gasteiger partial charge in [0.25, 0.3) is 0 Å². The predicted molar refractivity (Wildman–Crippen MR) is 134 cm³/mol. The minimum absolute atomic E-state index is 0. The van der Waals surface area contributed by atoms with E-state index in [-0.39, 0.29) is 24.4 Å². The summed E-state index contributed by atoms with van der Waals surface area (Å²) in [4.78, 5) is 17.7. The third-order valence-electron chi connectivity index (χ3n) is 7.01. The molecule has 3 aromatic carbocycles. The molecule has 3 aromatic rings. The van der Waals surface area contributed by atoms with Crippen molar-refractivity contribution in [2.45, 2.75) is 44.2 Å². The molecule has 166 valence electrons. The molecule has 2 aliphatic heterocycles. The highest BCUT2D eigenvalue weighted by atomic mass is 35.5. The lowest BCUT2D eigenvalue weighted by Crippen LogP contribution is -2.51. The van der Waals surface area contributed by atoms with E-state index in [1.54, 1.807) is 0 Å². The second-order valence-electron chi connectivity index (χ2n) is 8.73. The number of amides is 1. The molecule has 0 saturated carbocycles. The van der Waals surface area contributed by atoms with Gasteiger partial charge in [0.2, 0.25) is 5.91 Å². The van der Waals surface area contributed by atoms with Crippen LogP contribution >= 0.6 is 12.4 Å². The Labute approximate surface area is 197 Å². The number of anilines is 1. The van der Waals surface area contributed by atoms with Crippen molar-refractivity contribution in [2.75, 3.05) is 18.0 Å². The number of rotatable bonds is 4. The lowest BCUT2D eigenvalue weighted by atomic mass is 9.77. The van der Waals surface area contributed by atoms with Gasteiger partial charge in [-0.3, -0.25) is 9.69 Å². The fourth-order valence-electron chi connectivity index (χ4n) is 5.52. The van der Waals surface area contributed by atoms with E-state index in [9.17, 15) is 4.79 Å². The molecule has 4 heteroatoms. The molecule has 3 nitrogen and oxygen atoms in total. The fraction of sp³-hybridized carbons (Fsp3) is 0.321. The van der Waals surface area contributed by atoms with Gasteiger partial charge in [0, 0.05) is 43.2 Å². The van der Waals surface area contributed by atoms with Crippen LogP contribution in [0.3, 0.4) is 0 Å². The van der Waals surface area contributed by atoms with E-state index >= 15 is 0 Å². The Kier molecular flexibility index (Phi) is 6.98. The van der Waals surface area contributed by atoms with Gasteiger partial charge in [-0.25, -0.2) is 0 Å². The molecule has 5 rings (SSSR count). The topological polar surface area (TPSA) is 23.6 Å². The van der Waals surface area contributed by atoms with Crippen LogP contribution in [0.25, 0.3) is 0 Å². The zero-order valence-electron chi connectivity index (χ0n) is 18.6. The Morgan fingerprint density at radius 1 is 0.906 bits per heavy atom. The van der Waals surface area contributed by atoms with Gasteiger partial charge in [0.05, 0.1) is 0 Å². The SMILES string of the molecule is CCC(=O)N(c1ccccc1)C1CCN2CC(c3ccccc3)c3ccccc3C2C1.Cl. The Balaban J connectivity index is 0.00000245. The van der Waals surface area contributed by atoms with Gasteiger partial charge in [0.15, 0.2) is 0 Å². The van der Waals surface area contributed by atoms with Crippen molar-refractivity contribution in [2.24, 2.45) is 0 Å². The first-order valence-electron chi connectivity index (χ1n) is 11.5. The van der Waals surface area contributed by atoms with Gasteiger partial charge >= 0.3 is 0 Å². The first kappa shape index (κ1) is 22.6. The third-order valence-corrected chi connectivity index (χ3v) is 7.01. The van der Waals surface area contributed by atoms with Crippen LogP contribution in [0.1, 0.15) is 54.8 Å². The molecular weight excluding hydrogens is 416 g/mol. The summed E-state index contributed by atoms with van der Waals surface area (Å²) in [6.45, 7) is 4.03. The summed E-state index contributed by atoms with van der Waals surface area (Å²) in [5.74, 6) is 0.628. The van der Waals surface area contributed by atoms with E-state index in [0.717, 1.165) is 31.6 Å². The summed E-state index contributed by atoms with van der Waals surface area (Å²) in [5.41, 5.74) is 5.30. The van der Waals surface area contributed by atoms with Crippen molar-refractivity contribution in [1.82, 2.24) is 4.90 Å². The van der Waals surface area contributed by atoms with Gasteiger partial charge < -0.3 is 4.90 Å². The smallest absolute Gasteiger partial charge is 0.226 e. The largest absolute Gasteiger partial charge is 0.309 e. The van der Waals surface area contributed by atoms with Gasteiger partial charge in [-0.15, -0.1) is 12.4 Å². The van der Waals surface area contributed by atoms with Gasteiger partial charge in [-0.05, 0) is 41.7 Å². The van der Waals surface area contributed by atoms with Crippen LogP contribution in [0.2, 0.25) is 0 Å². The number of nitrogens with zero attached hydrogens (tertiary/aromatic N) is 2. The number of benzene rings is 3. The fourth-order valence-corrected chi connectivity index (χ4v) is 5.52. The highest BCUT2D eigenvalue weighted by Crippen LogP contribution is 2.44. The first-order chi connectivity index (χ1) is 15.3. The maximum atomic E-state index is 13.0. The molecule has 1 amide bonds. The number of para-hydroxylation sites is 1. The van der Waals surface area contributed by atoms with Crippen molar-refractivity contribution >= 4 is 24.0 Å². The van der Waals surface area contributed by atoms with Gasteiger partial charge in [0.1, 0.15) is 0 Å². The Bertz CT molecular complexity index is 1040. The van der Waals surface area contributed by atoms with Gasteiger partial charge in [-0.2, -0.15) is 0 Å². The summed E-state index contributed by atoms with van der Waals surface area (Å²) in [6.07, 6.45) is 2.53. The van der Waals surface area contributed by atoms with E-state index in [4.69, 9.17) is 0 Å². The molecule has 3 unspecified atom stereocenters. The molecule has 2 aliphatic rings. The number of halogens is 1. The summed E-state index contributed by atoms with van der Waals surface area (Å²) >= 11 is 0. The third kappa shape index (κ3) is 4.20. The monoisotopic (exact) mass is 446 g/mol. The standard InChI is InChI=1S/C28H30N2O.ClH/c1-2-28(31)30(22-13-7-4-8-14-22)23-17-18-29-20-26(21-11-5-3-6-12-21)24-15-9-10-16-25(24)27(29)19-23;/h3-16,23,26-27H,2,17-20H2,1H3;1H. The Morgan fingerprint density at radius 3 is 2.22 bits per heavy atom. The maximum Gasteiger partial charge on any atom is 0.226 e. The summed E-state index contributed by atoms with van der Waals surface area (Å²) in [5, 5.41) is 0. The Hall–Kier alpha value is -2.62. The number of hydrogen-bond donors (Lipinski definition) is 0. The first-order valence-corrected chi connectivity index (χ1v) is 11.5. The number of carbonyl (C=O) groups is 1. The van der Waals surface area contributed by atoms with Crippen molar-refractivity contribution in [3.8, 4) is 0 Å². The number of piperidine rings is 1. The highest BCUT2D eigenvalue weighted by Gasteiger charge is 2.40. The van der Waals surface area contributed by atoms with Crippen LogP contribution in [0.5, 0.6) is 0 Å².